The molecule has 0 amide bonds. The molecule has 1 aliphatic rings. The van der Waals surface area contributed by atoms with Gasteiger partial charge in [-0.2, -0.15) is 0 Å². The molecule has 1 saturated carbocycles. The van der Waals surface area contributed by atoms with E-state index in [1.54, 1.807) is 0 Å². The predicted octanol–water partition coefficient (Wildman–Crippen LogP) is 1.28. The summed E-state index contributed by atoms with van der Waals surface area (Å²) in [7, 11) is -1.09. The van der Waals surface area contributed by atoms with Crippen LogP contribution in [-0.2, 0) is 16.3 Å². The van der Waals surface area contributed by atoms with Crippen LogP contribution < -0.4 is 15.2 Å². The molecule has 0 aromatic heterocycles. The van der Waals surface area contributed by atoms with Gasteiger partial charge in [0, 0.05) is 17.4 Å². The molecule has 1 aromatic carbocycles. The van der Waals surface area contributed by atoms with Gasteiger partial charge in [0.2, 0.25) is 0 Å². The maximum absolute atomic E-state index is 14.1. The van der Waals surface area contributed by atoms with Crippen LogP contribution >= 0.6 is 0 Å². The average molecular weight is 303 g/mol. The summed E-state index contributed by atoms with van der Waals surface area (Å²) < 4.78 is 47.9. The summed E-state index contributed by atoms with van der Waals surface area (Å²) in [5.74, 6) is -0.718. The lowest BCUT2D eigenvalue weighted by atomic mass is 10.0. The van der Waals surface area contributed by atoms with Gasteiger partial charge >= 0.3 is 0 Å². The summed E-state index contributed by atoms with van der Waals surface area (Å²) in [5.41, 5.74) is 6.20. The van der Waals surface area contributed by atoms with Crippen molar-refractivity contribution in [2.45, 2.75) is 29.7 Å². The highest BCUT2D eigenvalue weighted by atomic mass is 32.2. The van der Waals surface area contributed by atoms with Crippen LogP contribution in [-0.4, -0.2) is 34.4 Å². The Balaban J connectivity index is 2.64. The lowest BCUT2D eigenvalue weighted by molar-refractivity contribution is 0.337. The molecule has 112 valence electrons. The molecule has 1 fully saturated rings. The number of methoxy groups -OCH3 is 2. The summed E-state index contributed by atoms with van der Waals surface area (Å²) in [6.07, 6.45) is 3.06. The van der Waals surface area contributed by atoms with E-state index < -0.39 is 20.5 Å². The van der Waals surface area contributed by atoms with Gasteiger partial charge in [0.25, 0.3) is 0 Å². The van der Waals surface area contributed by atoms with Gasteiger partial charge in [-0.05, 0) is 25.3 Å². The van der Waals surface area contributed by atoms with Gasteiger partial charge in [0.1, 0.15) is 10.7 Å². The Morgan fingerprint density at radius 2 is 1.85 bits per heavy atom. The Morgan fingerprint density at radius 1 is 1.30 bits per heavy atom. The minimum absolute atomic E-state index is 0.103. The molecule has 1 aromatic rings. The molecule has 7 heteroatoms. The Kier molecular flexibility index (Phi) is 3.68. The van der Waals surface area contributed by atoms with Gasteiger partial charge in [-0.1, -0.05) is 0 Å². The molecule has 2 rings (SSSR count). The first-order chi connectivity index (χ1) is 9.22. The third kappa shape index (κ3) is 2.73. The molecule has 0 heterocycles. The number of halogens is 1. The van der Waals surface area contributed by atoms with Gasteiger partial charge in [-0.25, -0.2) is 12.8 Å². The van der Waals surface area contributed by atoms with Crippen molar-refractivity contribution in [3.63, 3.8) is 0 Å². The van der Waals surface area contributed by atoms with Crippen molar-refractivity contribution < 1.29 is 22.3 Å². The zero-order valence-corrected chi connectivity index (χ0v) is 12.5. The molecular weight excluding hydrogens is 285 g/mol. The monoisotopic (exact) mass is 303 g/mol. The number of hydrogen-bond acceptors (Lipinski definition) is 5. The van der Waals surface area contributed by atoms with E-state index in [1.807, 2.05) is 0 Å². The first-order valence-electron chi connectivity index (χ1n) is 6.14. The summed E-state index contributed by atoms with van der Waals surface area (Å²) in [6.45, 7) is 0. The number of hydrogen-bond donors (Lipinski definition) is 1. The second kappa shape index (κ2) is 4.89. The van der Waals surface area contributed by atoms with E-state index in [-0.39, 0.29) is 17.0 Å². The third-order valence-corrected chi connectivity index (χ3v) is 4.56. The van der Waals surface area contributed by atoms with Crippen LogP contribution in [0.3, 0.4) is 0 Å². The van der Waals surface area contributed by atoms with Crippen LogP contribution in [0.2, 0.25) is 0 Å². The van der Waals surface area contributed by atoms with E-state index in [2.05, 4.69) is 0 Å². The largest absolute Gasteiger partial charge is 0.493 e. The highest BCUT2D eigenvalue weighted by Gasteiger charge is 2.40. The Bertz CT molecular complexity index is 638. The number of rotatable bonds is 5. The fourth-order valence-corrected chi connectivity index (χ4v) is 3.17. The standard InChI is InChI=1S/C13H18FNO4S/c1-18-10-8(7-13(15)4-5-13)6-9(14)12(11(10)19-2)20(3,16)17/h6H,4-5,7,15H2,1-3H3. The normalized spacial score (nSPS) is 16.9. The first-order valence-corrected chi connectivity index (χ1v) is 8.03. The zero-order valence-electron chi connectivity index (χ0n) is 11.7. The minimum atomic E-state index is -3.76. The average Bonchev–Trinajstić information content (AvgIpc) is 3.04. The van der Waals surface area contributed by atoms with E-state index in [0.717, 1.165) is 19.1 Å². The first kappa shape index (κ1) is 15.1. The van der Waals surface area contributed by atoms with Gasteiger partial charge in [-0.3, -0.25) is 0 Å². The fourth-order valence-electron chi connectivity index (χ4n) is 2.24. The molecular formula is C13H18FNO4S. The Hall–Kier alpha value is -1.34. The molecule has 0 spiro atoms. The molecule has 20 heavy (non-hydrogen) atoms. The van der Waals surface area contributed by atoms with E-state index in [1.165, 1.54) is 20.3 Å². The van der Waals surface area contributed by atoms with Crippen molar-refractivity contribution in [1.82, 2.24) is 0 Å². The van der Waals surface area contributed by atoms with E-state index in [9.17, 15) is 12.8 Å². The number of ether oxygens (including phenoxy) is 2. The van der Waals surface area contributed by atoms with Crippen LogP contribution in [0.15, 0.2) is 11.0 Å². The van der Waals surface area contributed by atoms with Crippen LogP contribution in [0.1, 0.15) is 18.4 Å². The van der Waals surface area contributed by atoms with Gasteiger partial charge in [0.15, 0.2) is 21.3 Å². The predicted molar refractivity (Wildman–Crippen MR) is 72.5 cm³/mol. The van der Waals surface area contributed by atoms with Crippen molar-refractivity contribution in [3.8, 4) is 11.5 Å². The smallest absolute Gasteiger partial charge is 0.182 e. The number of sulfone groups is 1. The van der Waals surface area contributed by atoms with Gasteiger partial charge < -0.3 is 15.2 Å². The maximum atomic E-state index is 14.1. The van der Waals surface area contributed by atoms with Crippen molar-refractivity contribution in [2.24, 2.45) is 5.73 Å². The zero-order chi connectivity index (χ0) is 15.1. The highest BCUT2D eigenvalue weighted by molar-refractivity contribution is 7.90. The molecule has 1 aliphatic carbocycles. The van der Waals surface area contributed by atoms with Crippen molar-refractivity contribution >= 4 is 9.84 Å². The third-order valence-electron chi connectivity index (χ3n) is 3.44. The summed E-state index contributed by atoms with van der Waals surface area (Å²) in [6, 6.07) is 1.17. The SMILES string of the molecule is COc1c(CC2(N)CC2)cc(F)c(S(C)(=O)=O)c1OC. The fraction of sp³-hybridized carbons (Fsp3) is 0.538. The van der Waals surface area contributed by atoms with Crippen LogP contribution in [0, 0.1) is 5.82 Å². The topological polar surface area (TPSA) is 78.6 Å². The summed E-state index contributed by atoms with van der Waals surface area (Å²) >= 11 is 0. The molecule has 5 nitrogen and oxygen atoms in total. The second-order valence-electron chi connectivity index (χ2n) is 5.22. The molecule has 0 radical (unpaired) electrons. The van der Waals surface area contributed by atoms with Gasteiger partial charge in [-0.15, -0.1) is 0 Å². The van der Waals surface area contributed by atoms with E-state index in [0.29, 0.717) is 12.0 Å². The minimum Gasteiger partial charge on any atom is -0.493 e. The Morgan fingerprint density at radius 3 is 2.25 bits per heavy atom. The molecule has 2 N–H and O–H groups in total. The quantitative estimate of drug-likeness (QED) is 0.886. The van der Waals surface area contributed by atoms with Crippen LogP contribution in [0.25, 0.3) is 0 Å². The highest BCUT2D eigenvalue weighted by Crippen LogP contribution is 2.44. The van der Waals surface area contributed by atoms with E-state index >= 15 is 0 Å². The lowest BCUT2D eigenvalue weighted by Crippen LogP contribution is -2.25. The van der Waals surface area contributed by atoms with Gasteiger partial charge in [0.05, 0.1) is 14.2 Å². The number of benzene rings is 1. The van der Waals surface area contributed by atoms with Crippen molar-refractivity contribution in [3.05, 3.63) is 17.4 Å². The molecule has 0 aliphatic heterocycles. The molecule has 0 saturated heterocycles. The molecule has 0 bridgehead atoms. The molecule has 0 unspecified atom stereocenters. The molecule has 0 atom stereocenters. The maximum Gasteiger partial charge on any atom is 0.182 e. The van der Waals surface area contributed by atoms with Crippen molar-refractivity contribution in [1.29, 1.82) is 0 Å². The summed E-state index contributed by atoms with van der Waals surface area (Å²) in [4.78, 5) is -0.484. The van der Waals surface area contributed by atoms with E-state index in [4.69, 9.17) is 15.2 Å². The lowest BCUT2D eigenvalue weighted by Gasteiger charge is -2.18. The van der Waals surface area contributed by atoms with Crippen molar-refractivity contribution in [2.75, 3.05) is 20.5 Å². The van der Waals surface area contributed by atoms with Crippen LogP contribution in [0.4, 0.5) is 4.39 Å². The summed E-state index contributed by atoms with van der Waals surface area (Å²) in [5, 5.41) is 0. The number of nitrogens with two attached hydrogens (primary N) is 1. The Labute approximate surface area is 117 Å². The van der Waals surface area contributed by atoms with Crippen LogP contribution in [0.5, 0.6) is 11.5 Å². The second-order valence-corrected chi connectivity index (χ2v) is 7.18.